The van der Waals surface area contributed by atoms with Gasteiger partial charge < -0.3 is 15.4 Å². The van der Waals surface area contributed by atoms with Crippen molar-refractivity contribution in [3.63, 3.8) is 0 Å². The van der Waals surface area contributed by atoms with Crippen LogP contribution in [0.5, 0.6) is 0 Å². The fraction of sp³-hybridized carbons (Fsp3) is 0.294. The van der Waals surface area contributed by atoms with Gasteiger partial charge in [-0.3, -0.25) is 0 Å². The van der Waals surface area contributed by atoms with Gasteiger partial charge in [-0.05, 0) is 31.9 Å². The van der Waals surface area contributed by atoms with Gasteiger partial charge in [0.2, 0.25) is 5.95 Å². The van der Waals surface area contributed by atoms with Crippen LogP contribution < -0.4 is 5.32 Å². The van der Waals surface area contributed by atoms with Gasteiger partial charge in [0.15, 0.2) is 5.65 Å². The van der Waals surface area contributed by atoms with Gasteiger partial charge in [0.25, 0.3) is 0 Å². The number of hydrogen-bond acceptors (Lipinski definition) is 6. The minimum absolute atomic E-state index is 0.215. The Hall–Kier alpha value is -3.00. The number of fused-ring (bicyclic) bond motifs is 2. The van der Waals surface area contributed by atoms with Gasteiger partial charge in [-0.2, -0.15) is 10.1 Å². The lowest BCUT2D eigenvalue weighted by Crippen LogP contribution is -2.48. The first-order valence-electron chi connectivity index (χ1n) is 8.21. The lowest BCUT2D eigenvalue weighted by atomic mass is 9.77. The minimum atomic E-state index is -0.570. The van der Waals surface area contributed by atoms with Crippen LogP contribution in [0.3, 0.4) is 0 Å². The molecule has 126 valence electrons. The van der Waals surface area contributed by atoms with Crippen molar-refractivity contribution in [3.8, 4) is 11.3 Å². The molecular formula is C17H17N7O. The number of nitrogens with zero attached hydrogens (tertiary/aromatic N) is 5. The van der Waals surface area contributed by atoms with E-state index in [1.54, 1.807) is 16.9 Å². The smallest absolute Gasteiger partial charge is 0.224 e. The number of anilines is 1. The topological polar surface area (TPSA) is 104 Å². The van der Waals surface area contributed by atoms with Crippen LogP contribution in [0.1, 0.15) is 19.8 Å². The monoisotopic (exact) mass is 335 g/mol. The first kappa shape index (κ1) is 14.4. The van der Waals surface area contributed by atoms with Crippen molar-refractivity contribution in [2.75, 3.05) is 5.32 Å². The molecule has 0 radical (unpaired) electrons. The highest BCUT2D eigenvalue weighted by Crippen LogP contribution is 2.33. The predicted octanol–water partition coefficient (Wildman–Crippen LogP) is 1.99. The number of imidazole rings is 1. The summed E-state index contributed by atoms with van der Waals surface area (Å²) in [6.07, 6.45) is 8.65. The maximum atomic E-state index is 9.82. The predicted molar refractivity (Wildman–Crippen MR) is 93.1 cm³/mol. The van der Waals surface area contributed by atoms with Crippen LogP contribution in [0.15, 0.2) is 36.9 Å². The number of nitrogens with one attached hydrogen (secondary N) is 2. The van der Waals surface area contributed by atoms with E-state index in [1.165, 1.54) is 0 Å². The Morgan fingerprint density at radius 2 is 2.20 bits per heavy atom. The van der Waals surface area contributed by atoms with Crippen LogP contribution in [-0.4, -0.2) is 46.3 Å². The first-order chi connectivity index (χ1) is 12.1. The number of aromatic nitrogens is 6. The molecule has 4 aromatic heterocycles. The molecule has 0 aromatic carbocycles. The Morgan fingerprint density at radius 1 is 1.32 bits per heavy atom. The molecule has 0 saturated heterocycles. The molecule has 0 atom stereocenters. The third kappa shape index (κ3) is 2.42. The standard InChI is InChI=1S/C17H17N7O/c1-17(25)6-10(7-17)21-16-20-9-12-11(8-19-15(12)22-16)13-2-3-14-18-4-5-24(14)23-13/h2-5,8-10,25H,6-7H2,1H3,(H2,19,20,21,22). The van der Waals surface area contributed by atoms with E-state index in [-0.39, 0.29) is 6.04 Å². The third-order valence-electron chi connectivity index (χ3n) is 4.67. The molecule has 8 heteroatoms. The number of hydrogen-bond donors (Lipinski definition) is 3. The molecular weight excluding hydrogens is 318 g/mol. The molecule has 1 aliphatic rings. The van der Waals surface area contributed by atoms with E-state index in [9.17, 15) is 5.11 Å². The minimum Gasteiger partial charge on any atom is -0.390 e. The van der Waals surface area contributed by atoms with Crippen LogP contribution in [0.4, 0.5) is 5.95 Å². The highest BCUT2D eigenvalue weighted by atomic mass is 16.3. The molecule has 1 saturated carbocycles. The van der Waals surface area contributed by atoms with Crippen LogP contribution in [0.25, 0.3) is 27.9 Å². The van der Waals surface area contributed by atoms with Crippen molar-refractivity contribution in [2.24, 2.45) is 0 Å². The Kier molecular flexibility index (Phi) is 2.87. The molecule has 4 aromatic rings. The average Bonchev–Trinajstić information content (AvgIpc) is 3.18. The zero-order valence-electron chi connectivity index (χ0n) is 13.6. The highest BCUT2D eigenvalue weighted by molar-refractivity contribution is 5.92. The van der Waals surface area contributed by atoms with Crippen molar-refractivity contribution >= 4 is 22.6 Å². The average molecular weight is 335 g/mol. The first-order valence-corrected chi connectivity index (χ1v) is 8.21. The van der Waals surface area contributed by atoms with E-state index in [4.69, 9.17) is 0 Å². The largest absolute Gasteiger partial charge is 0.390 e. The summed E-state index contributed by atoms with van der Waals surface area (Å²) >= 11 is 0. The molecule has 3 N–H and O–H groups in total. The number of rotatable bonds is 3. The van der Waals surface area contributed by atoms with Crippen LogP contribution in [0, 0.1) is 0 Å². The second-order valence-electron chi connectivity index (χ2n) is 6.85. The summed E-state index contributed by atoms with van der Waals surface area (Å²) in [4.78, 5) is 16.4. The van der Waals surface area contributed by atoms with Crippen molar-refractivity contribution in [1.29, 1.82) is 0 Å². The molecule has 0 bridgehead atoms. The lowest BCUT2D eigenvalue weighted by molar-refractivity contribution is -0.0235. The molecule has 1 aliphatic carbocycles. The Bertz CT molecular complexity index is 1070. The Morgan fingerprint density at radius 3 is 3.04 bits per heavy atom. The normalized spacial score (nSPS) is 23.0. The Labute approximate surface area is 143 Å². The van der Waals surface area contributed by atoms with Crippen molar-refractivity contribution in [3.05, 3.63) is 36.9 Å². The van der Waals surface area contributed by atoms with Crippen molar-refractivity contribution in [2.45, 2.75) is 31.4 Å². The quantitative estimate of drug-likeness (QED) is 0.529. The Balaban J connectivity index is 1.46. The maximum absolute atomic E-state index is 9.82. The molecule has 0 aliphatic heterocycles. The SMILES string of the molecule is CC1(O)CC(Nc2ncc3c(-c4ccc5nccn5n4)c[nH]c3n2)C1. The second-order valence-corrected chi connectivity index (χ2v) is 6.85. The third-order valence-corrected chi connectivity index (χ3v) is 4.67. The fourth-order valence-corrected chi connectivity index (χ4v) is 3.43. The molecule has 25 heavy (non-hydrogen) atoms. The summed E-state index contributed by atoms with van der Waals surface area (Å²) in [6.45, 7) is 1.84. The van der Waals surface area contributed by atoms with Gasteiger partial charge in [0, 0.05) is 41.8 Å². The molecule has 8 nitrogen and oxygen atoms in total. The number of H-pyrrole nitrogens is 1. The van der Waals surface area contributed by atoms with E-state index in [1.807, 2.05) is 31.5 Å². The van der Waals surface area contributed by atoms with Crippen LogP contribution in [0.2, 0.25) is 0 Å². The van der Waals surface area contributed by atoms with E-state index in [0.29, 0.717) is 18.8 Å². The molecule has 5 rings (SSSR count). The molecule has 0 unspecified atom stereocenters. The van der Waals surface area contributed by atoms with Gasteiger partial charge in [-0.25, -0.2) is 14.5 Å². The van der Waals surface area contributed by atoms with E-state index < -0.39 is 5.60 Å². The zero-order valence-corrected chi connectivity index (χ0v) is 13.6. The van der Waals surface area contributed by atoms with E-state index in [2.05, 4.69) is 30.4 Å². The summed E-state index contributed by atoms with van der Waals surface area (Å²) in [5.41, 5.74) is 2.77. The van der Waals surface area contributed by atoms with E-state index >= 15 is 0 Å². The summed E-state index contributed by atoms with van der Waals surface area (Å²) < 4.78 is 1.74. The fourth-order valence-electron chi connectivity index (χ4n) is 3.43. The second kappa shape index (κ2) is 5.00. The summed E-state index contributed by atoms with van der Waals surface area (Å²) in [6, 6.07) is 4.08. The summed E-state index contributed by atoms with van der Waals surface area (Å²) in [7, 11) is 0. The lowest BCUT2D eigenvalue weighted by Gasteiger charge is -2.41. The molecule has 0 amide bonds. The van der Waals surface area contributed by atoms with Gasteiger partial charge in [-0.1, -0.05) is 0 Å². The highest BCUT2D eigenvalue weighted by Gasteiger charge is 2.38. The molecule has 1 fully saturated rings. The number of aromatic amines is 1. The maximum Gasteiger partial charge on any atom is 0.224 e. The summed E-state index contributed by atoms with van der Waals surface area (Å²) in [5.74, 6) is 0.569. The number of aliphatic hydroxyl groups is 1. The van der Waals surface area contributed by atoms with Gasteiger partial charge >= 0.3 is 0 Å². The van der Waals surface area contributed by atoms with Gasteiger partial charge in [-0.15, -0.1) is 0 Å². The molecule has 0 spiro atoms. The van der Waals surface area contributed by atoms with Gasteiger partial charge in [0.05, 0.1) is 11.3 Å². The van der Waals surface area contributed by atoms with E-state index in [0.717, 1.165) is 27.9 Å². The van der Waals surface area contributed by atoms with Crippen molar-refractivity contribution < 1.29 is 5.11 Å². The summed E-state index contributed by atoms with van der Waals surface area (Å²) in [5, 5.41) is 18.6. The van der Waals surface area contributed by atoms with Crippen LogP contribution >= 0.6 is 0 Å². The van der Waals surface area contributed by atoms with Crippen LogP contribution in [-0.2, 0) is 0 Å². The zero-order chi connectivity index (χ0) is 17.0. The van der Waals surface area contributed by atoms with Gasteiger partial charge in [0.1, 0.15) is 5.65 Å². The molecule has 4 heterocycles. The van der Waals surface area contributed by atoms with Crippen molar-refractivity contribution in [1.82, 2.24) is 29.5 Å².